The molecule has 31 heavy (non-hydrogen) atoms. The van der Waals surface area contributed by atoms with Gasteiger partial charge in [0.25, 0.3) is 5.91 Å². The summed E-state index contributed by atoms with van der Waals surface area (Å²) in [6.45, 7) is 6.48. The minimum atomic E-state index is -1.34. The number of hydrogen-bond acceptors (Lipinski definition) is 6. The van der Waals surface area contributed by atoms with Gasteiger partial charge in [0.15, 0.2) is 11.5 Å². The summed E-state index contributed by atoms with van der Waals surface area (Å²) in [4.78, 5) is 25.5. The molecule has 1 fully saturated rings. The monoisotopic (exact) mass is 438 g/mol. The van der Waals surface area contributed by atoms with E-state index < -0.39 is 11.2 Å². The Labute approximate surface area is 185 Å². The lowest BCUT2D eigenvalue weighted by atomic mass is 10.1. The topological polar surface area (TPSA) is 85.5 Å². The second kappa shape index (κ2) is 9.53. The molecule has 3 heterocycles. The van der Waals surface area contributed by atoms with Crippen LogP contribution in [0.25, 0.3) is 11.5 Å². The highest BCUT2D eigenvalue weighted by Gasteiger charge is 2.26. The molecule has 8 heteroatoms. The first kappa shape index (κ1) is 21.4. The summed E-state index contributed by atoms with van der Waals surface area (Å²) in [6, 6.07) is 13.7. The average Bonchev–Trinajstić information content (AvgIpc) is 3.14. The summed E-state index contributed by atoms with van der Waals surface area (Å²) in [7, 11) is 0. The standard InChI is InChI=1S/C23H26N4O3S/c1-17-6-5-7-19(14-17)23-25-20(18(2)30-23)15-31(29)16-22(28)27-12-10-26(11-13-27)21-8-3-4-9-24-21/h3-9,14H,10-13,15-16H2,1-2H3. The molecular weight excluding hydrogens is 412 g/mol. The number of aromatic nitrogens is 2. The normalized spacial score (nSPS) is 15.2. The number of benzene rings is 1. The summed E-state index contributed by atoms with van der Waals surface area (Å²) >= 11 is -1.34. The van der Waals surface area contributed by atoms with Crippen molar-refractivity contribution in [2.24, 2.45) is 0 Å². The van der Waals surface area contributed by atoms with Crippen molar-refractivity contribution in [1.29, 1.82) is 0 Å². The van der Waals surface area contributed by atoms with Crippen molar-refractivity contribution in [1.82, 2.24) is 14.9 Å². The largest absolute Gasteiger partial charge is 0.616 e. The molecule has 4 rings (SSSR count). The highest BCUT2D eigenvalue weighted by molar-refractivity contribution is 7.91. The summed E-state index contributed by atoms with van der Waals surface area (Å²) in [5, 5.41) is 0. The quantitative estimate of drug-likeness (QED) is 0.550. The second-order valence-electron chi connectivity index (χ2n) is 7.68. The third kappa shape index (κ3) is 5.26. The van der Waals surface area contributed by atoms with Crippen molar-refractivity contribution in [3.63, 3.8) is 0 Å². The average molecular weight is 439 g/mol. The number of aryl methyl sites for hydroxylation is 2. The fourth-order valence-corrected chi connectivity index (χ4v) is 4.75. The predicted molar refractivity (Wildman–Crippen MR) is 121 cm³/mol. The van der Waals surface area contributed by atoms with E-state index in [1.54, 1.807) is 11.1 Å². The highest BCUT2D eigenvalue weighted by Crippen LogP contribution is 2.24. The van der Waals surface area contributed by atoms with Crippen molar-refractivity contribution in [3.05, 3.63) is 65.7 Å². The van der Waals surface area contributed by atoms with Gasteiger partial charge in [-0.3, -0.25) is 4.79 Å². The smallest absolute Gasteiger partial charge is 0.272 e. The third-order valence-electron chi connectivity index (χ3n) is 5.35. The molecule has 0 bridgehead atoms. The van der Waals surface area contributed by atoms with E-state index in [0.29, 0.717) is 30.4 Å². The van der Waals surface area contributed by atoms with Crippen molar-refractivity contribution >= 4 is 22.9 Å². The van der Waals surface area contributed by atoms with Gasteiger partial charge in [0, 0.05) is 37.9 Å². The molecule has 1 aromatic carbocycles. The highest BCUT2D eigenvalue weighted by atomic mass is 32.2. The van der Waals surface area contributed by atoms with Gasteiger partial charge < -0.3 is 18.8 Å². The Kier molecular flexibility index (Phi) is 6.58. The maximum Gasteiger partial charge on any atom is 0.272 e. The maximum atomic E-state index is 12.7. The van der Waals surface area contributed by atoms with Crippen LogP contribution in [-0.2, 0) is 21.7 Å². The van der Waals surface area contributed by atoms with E-state index in [4.69, 9.17) is 4.42 Å². The Hall–Kier alpha value is -2.84. The van der Waals surface area contributed by atoms with Gasteiger partial charge in [0.2, 0.25) is 5.89 Å². The molecule has 1 atom stereocenters. The van der Waals surface area contributed by atoms with Crippen LogP contribution < -0.4 is 4.90 Å². The van der Waals surface area contributed by atoms with Gasteiger partial charge in [-0.15, -0.1) is 0 Å². The van der Waals surface area contributed by atoms with Crippen LogP contribution in [0.3, 0.4) is 0 Å². The molecule has 0 saturated carbocycles. The molecular formula is C23H26N4O3S. The van der Waals surface area contributed by atoms with Crippen molar-refractivity contribution in [2.45, 2.75) is 19.6 Å². The van der Waals surface area contributed by atoms with Gasteiger partial charge in [0.1, 0.15) is 17.3 Å². The van der Waals surface area contributed by atoms with E-state index in [9.17, 15) is 9.35 Å². The van der Waals surface area contributed by atoms with Gasteiger partial charge in [-0.1, -0.05) is 23.8 Å². The molecule has 1 amide bonds. The summed E-state index contributed by atoms with van der Waals surface area (Å²) in [5.74, 6) is 2.20. The van der Waals surface area contributed by atoms with Crippen LogP contribution in [0.1, 0.15) is 17.0 Å². The zero-order valence-electron chi connectivity index (χ0n) is 17.8. The Morgan fingerprint density at radius 1 is 1.13 bits per heavy atom. The summed E-state index contributed by atoms with van der Waals surface area (Å²) in [6.07, 6.45) is 1.77. The molecule has 2 aromatic heterocycles. The fourth-order valence-electron chi connectivity index (χ4n) is 3.62. The fraction of sp³-hybridized carbons (Fsp3) is 0.348. The van der Waals surface area contributed by atoms with Crippen LogP contribution in [0.15, 0.2) is 53.1 Å². The number of nitrogens with zero attached hydrogens (tertiary/aromatic N) is 4. The molecule has 1 saturated heterocycles. The lowest BCUT2D eigenvalue weighted by molar-refractivity contribution is -0.128. The summed E-state index contributed by atoms with van der Waals surface area (Å²) in [5.41, 5.74) is 2.65. The van der Waals surface area contributed by atoms with Gasteiger partial charge in [0.05, 0.1) is 0 Å². The van der Waals surface area contributed by atoms with Crippen LogP contribution in [0.2, 0.25) is 0 Å². The van der Waals surface area contributed by atoms with Crippen LogP contribution in [0, 0.1) is 13.8 Å². The van der Waals surface area contributed by atoms with E-state index in [0.717, 1.165) is 30.0 Å². The molecule has 1 aliphatic rings. The molecule has 3 aromatic rings. The van der Waals surface area contributed by atoms with E-state index in [-0.39, 0.29) is 17.4 Å². The molecule has 7 nitrogen and oxygen atoms in total. The number of carbonyl (C=O) groups excluding carboxylic acids is 1. The number of pyridine rings is 1. The van der Waals surface area contributed by atoms with Crippen molar-refractivity contribution < 1.29 is 13.8 Å². The van der Waals surface area contributed by atoms with E-state index >= 15 is 0 Å². The Balaban J connectivity index is 1.31. The predicted octanol–water partition coefficient (Wildman–Crippen LogP) is 2.95. The van der Waals surface area contributed by atoms with Gasteiger partial charge in [-0.2, -0.15) is 0 Å². The van der Waals surface area contributed by atoms with Gasteiger partial charge in [-0.05, 0) is 49.3 Å². The van der Waals surface area contributed by atoms with Crippen molar-refractivity contribution in [2.75, 3.05) is 36.8 Å². The molecule has 0 radical (unpaired) electrons. The molecule has 0 spiro atoms. The Morgan fingerprint density at radius 3 is 2.65 bits per heavy atom. The van der Waals surface area contributed by atoms with Gasteiger partial charge in [-0.25, -0.2) is 9.97 Å². The first-order chi connectivity index (χ1) is 15.0. The minimum absolute atomic E-state index is 0.00430. The number of rotatable bonds is 6. The first-order valence-corrected chi connectivity index (χ1v) is 11.8. The van der Waals surface area contributed by atoms with Crippen LogP contribution in [0.4, 0.5) is 5.82 Å². The van der Waals surface area contributed by atoms with Gasteiger partial charge >= 0.3 is 0 Å². The Morgan fingerprint density at radius 2 is 1.94 bits per heavy atom. The number of oxazole rings is 1. The lowest BCUT2D eigenvalue weighted by Gasteiger charge is -2.35. The van der Waals surface area contributed by atoms with E-state index in [1.807, 2.05) is 56.3 Å². The van der Waals surface area contributed by atoms with E-state index in [1.165, 1.54) is 0 Å². The number of anilines is 1. The first-order valence-electron chi connectivity index (χ1n) is 10.3. The van der Waals surface area contributed by atoms with Crippen LogP contribution in [0.5, 0.6) is 0 Å². The zero-order chi connectivity index (χ0) is 21.8. The van der Waals surface area contributed by atoms with Crippen molar-refractivity contribution in [3.8, 4) is 11.5 Å². The minimum Gasteiger partial charge on any atom is -0.616 e. The molecule has 1 unspecified atom stereocenters. The van der Waals surface area contributed by atoms with Crippen LogP contribution in [-0.4, -0.2) is 57.3 Å². The Bertz CT molecular complexity index is 1030. The summed E-state index contributed by atoms with van der Waals surface area (Å²) < 4.78 is 18.4. The third-order valence-corrected chi connectivity index (χ3v) is 6.51. The second-order valence-corrected chi connectivity index (χ2v) is 9.13. The number of piperazine rings is 1. The molecule has 162 valence electrons. The number of carbonyl (C=O) groups is 1. The lowest BCUT2D eigenvalue weighted by Crippen LogP contribution is -2.50. The molecule has 0 N–H and O–H groups in total. The maximum absolute atomic E-state index is 12.7. The SMILES string of the molecule is Cc1cccc(-c2nc(C[S+]([O-])CC(=O)N3CCN(c4ccccn4)CC3)c(C)o2)c1. The van der Waals surface area contributed by atoms with E-state index in [2.05, 4.69) is 14.9 Å². The van der Waals surface area contributed by atoms with Crippen LogP contribution >= 0.6 is 0 Å². The molecule has 1 aliphatic heterocycles. The number of amides is 1. The molecule has 0 aliphatic carbocycles. The number of hydrogen-bond donors (Lipinski definition) is 0. The zero-order valence-corrected chi connectivity index (χ0v) is 18.6.